The van der Waals surface area contributed by atoms with E-state index in [0.717, 1.165) is 44.2 Å². The molecule has 2 aromatic rings. The van der Waals surface area contributed by atoms with Crippen molar-refractivity contribution < 1.29 is 9.47 Å². The van der Waals surface area contributed by atoms with Crippen LogP contribution in [0.1, 0.15) is 30.5 Å². The molecule has 4 heteroatoms. The Bertz CT molecular complexity index is 669. The van der Waals surface area contributed by atoms with Crippen LogP contribution in [0.3, 0.4) is 0 Å². The van der Waals surface area contributed by atoms with Crippen molar-refractivity contribution >= 4 is 0 Å². The highest BCUT2D eigenvalue weighted by Crippen LogP contribution is 2.29. The molecule has 0 heterocycles. The number of hydrogen-bond donors (Lipinski definition) is 1. The van der Waals surface area contributed by atoms with Gasteiger partial charge in [0.1, 0.15) is 6.61 Å². The molecular formula is C22H32N2O2. The second kappa shape index (κ2) is 10.8. The fourth-order valence-electron chi connectivity index (χ4n) is 2.88. The number of ether oxygens (including phenoxy) is 2. The van der Waals surface area contributed by atoms with Crippen molar-refractivity contribution in [3.63, 3.8) is 0 Å². The molecule has 0 spiro atoms. The predicted octanol–water partition coefficient (Wildman–Crippen LogP) is 4.01. The molecule has 0 aliphatic rings. The average molecular weight is 357 g/mol. The van der Waals surface area contributed by atoms with Crippen LogP contribution in [-0.4, -0.2) is 38.2 Å². The minimum Gasteiger partial charge on any atom is -0.493 e. The van der Waals surface area contributed by atoms with Gasteiger partial charge in [-0.25, -0.2) is 0 Å². The smallest absolute Gasteiger partial charge is 0.161 e. The van der Waals surface area contributed by atoms with Crippen molar-refractivity contribution in [2.24, 2.45) is 0 Å². The molecule has 0 amide bonds. The van der Waals surface area contributed by atoms with Gasteiger partial charge in [0, 0.05) is 19.6 Å². The zero-order chi connectivity index (χ0) is 18.8. The predicted molar refractivity (Wildman–Crippen MR) is 108 cm³/mol. The van der Waals surface area contributed by atoms with E-state index in [9.17, 15) is 0 Å². The molecule has 142 valence electrons. The highest BCUT2D eigenvalue weighted by molar-refractivity contribution is 5.43. The van der Waals surface area contributed by atoms with Crippen molar-refractivity contribution in [1.29, 1.82) is 0 Å². The second-order valence-electron chi connectivity index (χ2n) is 6.40. The van der Waals surface area contributed by atoms with Gasteiger partial charge < -0.3 is 19.7 Å². The van der Waals surface area contributed by atoms with Crippen molar-refractivity contribution in [3.05, 3.63) is 59.2 Å². The van der Waals surface area contributed by atoms with Gasteiger partial charge in [0.25, 0.3) is 0 Å². The Morgan fingerprint density at radius 2 is 1.77 bits per heavy atom. The number of rotatable bonds is 11. The summed E-state index contributed by atoms with van der Waals surface area (Å²) in [4.78, 5) is 2.41. The molecule has 0 radical (unpaired) electrons. The zero-order valence-corrected chi connectivity index (χ0v) is 16.5. The maximum Gasteiger partial charge on any atom is 0.161 e. The number of aryl methyl sites for hydroxylation is 1. The van der Waals surface area contributed by atoms with Gasteiger partial charge in [0.15, 0.2) is 11.5 Å². The highest BCUT2D eigenvalue weighted by atomic mass is 16.5. The van der Waals surface area contributed by atoms with Gasteiger partial charge in [-0.1, -0.05) is 44.2 Å². The summed E-state index contributed by atoms with van der Waals surface area (Å²) >= 11 is 0. The van der Waals surface area contributed by atoms with E-state index in [0.29, 0.717) is 6.61 Å². The molecule has 0 aliphatic heterocycles. The third-order valence-electron chi connectivity index (χ3n) is 4.70. The number of methoxy groups -OCH3 is 1. The van der Waals surface area contributed by atoms with Crippen molar-refractivity contribution in [2.75, 3.05) is 33.3 Å². The first-order chi connectivity index (χ1) is 12.7. The lowest BCUT2D eigenvalue weighted by Crippen LogP contribution is -2.31. The number of likely N-dealkylation sites (N-methyl/N-ethyl adjacent to an activating group) is 1. The molecule has 2 rings (SSSR count). The minimum absolute atomic E-state index is 0.546. The van der Waals surface area contributed by atoms with Crippen molar-refractivity contribution in [1.82, 2.24) is 10.2 Å². The maximum atomic E-state index is 5.98. The van der Waals surface area contributed by atoms with Crippen LogP contribution >= 0.6 is 0 Å². The lowest BCUT2D eigenvalue weighted by atomic mass is 10.1. The molecule has 0 saturated carbocycles. The molecular weight excluding hydrogens is 324 g/mol. The summed E-state index contributed by atoms with van der Waals surface area (Å²) in [5.74, 6) is 1.56. The molecule has 1 N–H and O–H groups in total. The van der Waals surface area contributed by atoms with E-state index in [1.54, 1.807) is 7.11 Å². The van der Waals surface area contributed by atoms with Gasteiger partial charge in [0.2, 0.25) is 0 Å². The van der Waals surface area contributed by atoms with Crippen molar-refractivity contribution in [2.45, 2.75) is 33.9 Å². The summed E-state index contributed by atoms with van der Waals surface area (Å²) in [6.45, 7) is 12.1. The monoisotopic (exact) mass is 356 g/mol. The van der Waals surface area contributed by atoms with Crippen molar-refractivity contribution in [3.8, 4) is 11.5 Å². The standard InChI is InChI=1S/C22H32N2O2/c1-5-24(6-2)14-13-23-16-19-11-12-21(22(15-19)25-4)26-17-20-10-8-7-9-18(20)3/h7-12,15,23H,5-6,13-14,16-17H2,1-4H3. The third-order valence-corrected chi connectivity index (χ3v) is 4.70. The molecule has 4 nitrogen and oxygen atoms in total. The van der Waals surface area contributed by atoms with Gasteiger partial charge in [-0.3, -0.25) is 0 Å². The Morgan fingerprint density at radius 3 is 2.46 bits per heavy atom. The van der Waals surface area contributed by atoms with Crippen LogP contribution in [0.2, 0.25) is 0 Å². The highest BCUT2D eigenvalue weighted by Gasteiger charge is 2.07. The third kappa shape index (κ3) is 6.04. The van der Waals surface area contributed by atoms with Crippen LogP contribution in [-0.2, 0) is 13.2 Å². The molecule has 26 heavy (non-hydrogen) atoms. The van der Waals surface area contributed by atoms with Gasteiger partial charge in [0.05, 0.1) is 7.11 Å². The molecule has 0 aromatic heterocycles. The summed E-state index contributed by atoms with van der Waals surface area (Å²) in [6.07, 6.45) is 0. The first-order valence-corrected chi connectivity index (χ1v) is 9.45. The number of benzene rings is 2. The molecule has 0 bridgehead atoms. The van der Waals surface area contributed by atoms with E-state index < -0.39 is 0 Å². The first kappa shape index (κ1) is 20.3. The van der Waals surface area contributed by atoms with Gasteiger partial charge >= 0.3 is 0 Å². The summed E-state index contributed by atoms with van der Waals surface area (Å²) in [6, 6.07) is 14.4. The molecule has 0 saturated heterocycles. The fraction of sp³-hybridized carbons (Fsp3) is 0.455. The number of nitrogens with zero attached hydrogens (tertiary/aromatic N) is 1. The van der Waals surface area contributed by atoms with Gasteiger partial charge in [-0.15, -0.1) is 0 Å². The molecule has 0 unspecified atom stereocenters. The van der Waals surface area contributed by atoms with E-state index in [1.165, 1.54) is 16.7 Å². The Hall–Kier alpha value is -2.04. The lowest BCUT2D eigenvalue weighted by molar-refractivity contribution is 0.283. The Balaban J connectivity index is 1.89. The van der Waals surface area contributed by atoms with E-state index in [1.807, 2.05) is 18.2 Å². The summed E-state index contributed by atoms with van der Waals surface area (Å²) in [5.41, 5.74) is 3.63. The lowest BCUT2D eigenvalue weighted by Gasteiger charge is -2.18. The molecule has 2 aromatic carbocycles. The molecule has 0 fully saturated rings. The van der Waals surface area contributed by atoms with Crippen LogP contribution in [0.4, 0.5) is 0 Å². The number of hydrogen-bond acceptors (Lipinski definition) is 4. The zero-order valence-electron chi connectivity index (χ0n) is 16.5. The topological polar surface area (TPSA) is 33.7 Å². The Labute approximate surface area is 158 Å². The summed E-state index contributed by atoms with van der Waals surface area (Å²) < 4.78 is 11.5. The van der Waals surface area contributed by atoms with E-state index in [2.05, 4.69) is 55.3 Å². The quantitative estimate of drug-likeness (QED) is 0.617. The number of nitrogens with one attached hydrogen (secondary N) is 1. The Morgan fingerprint density at radius 1 is 1.00 bits per heavy atom. The van der Waals surface area contributed by atoms with Crippen LogP contribution in [0.5, 0.6) is 11.5 Å². The van der Waals surface area contributed by atoms with Crippen LogP contribution in [0.15, 0.2) is 42.5 Å². The minimum atomic E-state index is 0.546. The summed E-state index contributed by atoms with van der Waals surface area (Å²) in [7, 11) is 1.69. The van der Waals surface area contributed by atoms with E-state index >= 15 is 0 Å². The van der Waals surface area contributed by atoms with E-state index in [-0.39, 0.29) is 0 Å². The second-order valence-corrected chi connectivity index (χ2v) is 6.40. The molecule has 0 aliphatic carbocycles. The van der Waals surface area contributed by atoms with Crippen LogP contribution in [0, 0.1) is 6.92 Å². The van der Waals surface area contributed by atoms with Crippen LogP contribution < -0.4 is 14.8 Å². The first-order valence-electron chi connectivity index (χ1n) is 9.45. The normalized spacial score (nSPS) is 11.0. The van der Waals surface area contributed by atoms with Crippen LogP contribution in [0.25, 0.3) is 0 Å². The Kier molecular flexibility index (Phi) is 8.45. The fourth-order valence-corrected chi connectivity index (χ4v) is 2.88. The SMILES string of the molecule is CCN(CC)CCNCc1ccc(OCc2ccccc2C)c(OC)c1. The average Bonchev–Trinajstić information content (AvgIpc) is 2.68. The maximum absolute atomic E-state index is 5.98. The van der Waals surface area contributed by atoms with E-state index in [4.69, 9.17) is 9.47 Å². The van der Waals surface area contributed by atoms with Gasteiger partial charge in [-0.05, 0) is 48.8 Å². The van der Waals surface area contributed by atoms with Gasteiger partial charge in [-0.2, -0.15) is 0 Å². The summed E-state index contributed by atoms with van der Waals surface area (Å²) in [5, 5.41) is 3.50. The molecule has 0 atom stereocenters. The largest absolute Gasteiger partial charge is 0.493 e.